The molecule has 1 aromatic carbocycles. The van der Waals surface area contributed by atoms with Crippen LogP contribution in [0.25, 0.3) is 10.9 Å². The van der Waals surface area contributed by atoms with Crippen LogP contribution in [0.4, 0.5) is 22.0 Å². The number of aromatic nitrogens is 6. The summed E-state index contributed by atoms with van der Waals surface area (Å²) in [6.07, 6.45) is 5.70. The topological polar surface area (TPSA) is 119 Å². The maximum Gasteiger partial charge on any atom is 0.227 e. The summed E-state index contributed by atoms with van der Waals surface area (Å²) in [6.45, 7) is 2.08. The summed E-state index contributed by atoms with van der Waals surface area (Å²) < 4.78 is 14.1. The van der Waals surface area contributed by atoms with Crippen LogP contribution in [-0.4, -0.2) is 48.1 Å². The molecule has 0 saturated heterocycles. The van der Waals surface area contributed by atoms with Gasteiger partial charge < -0.3 is 15.3 Å². The number of hydrogen-bond donors (Lipinski definition) is 4. The fraction of sp³-hybridized carbons (Fsp3) is 0.333. The molecule has 1 aliphatic rings. The molecule has 5 rings (SSSR count). The van der Waals surface area contributed by atoms with Gasteiger partial charge >= 0.3 is 0 Å². The zero-order chi connectivity index (χ0) is 21.4. The Kier molecular flexibility index (Phi) is 4.99. The summed E-state index contributed by atoms with van der Waals surface area (Å²) in [5.74, 6) is 1.92. The molecule has 1 fully saturated rings. The summed E-state index contributed by atoms with van der Waals surface area (Å²) in [5, 5.41) is 28.0. The largest absolute Gasteiger partial charge is 0.394 e. The third-order valence-electron chi connectivity index (χ3n) is 5.52. The van der Waals surface area contributed by atoms with Gasteiger partial charge in [0.05, 0.1) is 24.4 Å². The Morgan fingerprint density at radius 3 is 2.94 bits per heavy atom. The highest BCUT2D eigenvalue weighted by Crippen LogP contribution is 2.39. The fourth-order valence-corrected chi connectivity index (χ4v) is 3.61. The van der Waals surface area contributed by atoms with E-state index in [1.54, 1.807) is 18.5 Å². The second kappa shape index (κ2) is 7.95. The maximum absolute atomic E-state index is 14.1. The Balaban J connectivity index is 1.43. The van der Waals surface area contributed by atoms with Crippen LogP contribution in [0.3, 0.4) is 0 Å². The lowest BCUT2D eigenvalue weighted by Crippen LogP contribution is -2.36. The fourth-order valence-electron chi connectivity index (χ4n) is 3.61. The highest BCUT2D eigenvalue weighted by molar-refractivity contribution is 5.82. The zero-order valence-electron chi connectivity index (χ0n) is 17.0. The number of nitrogens with one attached hydrogen (secondary N) is 3. The normalized spacial score (nSPS) is 14.7. The molecule has 1 saturated carbocycles. The number of nitrogens with zero attached hydrogens (tertiary/aromatic N) is 5. The number of rotatable bonds is 8. The summed E-state index contributed by atoms with van der Waals surface area (Å²) >= 11 is 0. The van der Waals surface area contributed by atoms with Crippen molar-refractivity contribution >= 4 is 28.5 Å². The molecule has 4 aromatic rings. The first-order chi connectivity index (χ1) is 15.1. The van der Waals surface area contributed by atoms with Crippen LogP contribution in [0.1, 0.15) is 36.9 Å². The van der Waals surface area contributed by atoms with Crippen LogP contribution in [0, 0.1) is 5.82 Å². The van der Waals surface area contributed by atoms with Gasteiger partial charge in [-0.1, -0.05) is 0 Å². The van der Waals surface area contributed by atoms with Gasteiger partial charge in [0.15, 0.2) is 5.82 Å². The Morgan fingerprint density at radius 1 is 1.26 bits per heavy atom. The highest BCUT2D eigenvalue weighted by atomic mass is 19.1. The molecule has 0 amide bonds. The van der Waals surface area contributed by atoms with Gasteiger partial charge in [0.25, 0.3) is 0 Å². The quantitative estimate of drug-likeness (QED) is 0.344. The highest BCUT2D eigenvalue weighted by Gasteiger charge is 2.25. The summed E-state index contributed by atoms with van der Waals surface area (Å²) in [6, 6.07) is 6.35. The lowest BCUT2D eigenvalue weighted by atomic mass is 10.1. The number of benzene rings is 1. The third kappa shape index (κ3) is 4.06. The molecule has 1 unspecified atom stereocenters. The van der Waals surface area contributed by atoms with Gasteiger partial charge in [0.2, 0.25) is 5.95 Å². The van der Waals surface area contributed by atoms with Crippen LogP contribution in [0.15, 0.2) is 36.7 Å². The molecule has 1 atom stereocenters. The second-order valence-corrected chi connectivity index (χ2v) is 7.91. The first kappa shape index (κ1) is 19.4. The molecular weight excluding hydrogens is 399 g/mol. The summed E-state index contributed by atoms with van der Waals surface area (Å²) in [7, 11) is 0. The SMILES string of the molecule is CC(CO)N(Cc1cc(F)cc2[nH]ncc12)c1nccc(Nc2cc(C3CC3)[nH]n2)n1. The van der Waals surface area contributed by atoms with E-state index in [4.69, 9.17) is 0 Å². The van der Waals surface area contributed by atoms with Crippen molar-refractivity contribution in [2.75, 3.05) is 16.8 Å². The van der Waals surface area contributed by atoms with Crippen LogP contribution in [0.5, 0.6) is 0 Å². The predicted octanol–water partition coefficient (Wildman–Crippen LogP) is 3.22. The number of H-pyrrole nitrogens is 2. The van der Waals surface area contributed by atoms with Crippen molar-refractivity contribution in [1.82, 2.24) is 30.4 Å². The zero-order valence-corrected chi connectivity index (χ0v) is 17.0. The minimum Gasteiger partial charge on any atom is -0.394 e. The van der Waals surface area contributed by atoms with Crippen LogP contribution in [0.2, 0.25) is 0 Å². The Morgan fingerprint density at radius 2 is 2.13 bits per heavy atom. The van der Waals surface area contributed by atoms with E-state index in [1.807, 2.05) is 17.9 Å². The average molecular weight is 422 g/mol. The second-order valence-electron chi connectivity index (χ2n) is 7.91. The van der Waals surface area contributed by atoms with Crippen molar-refractivity contribution in [2.24, 2.45) is 0 Å². The molecule has 0 radical (unpaired) electrons. The molecule has 0 bridgehead atoms. The molecular formula is C21H23FN8O. The van der Waals surface area contributed by atoms with E-state index in [2.05, 4.69) is 35.7 Å². The van der Waals surface area contributed by atoms with Crippen LogP contribution >= 0.6 is 0 Å². The number of aliphatic hydroxyl groups is 1. The van der Waals surface area contributed by atoms with E-state index in [9.17, 15) is 9.50 Å². The number of anilines is 3. The minimum absolute atomic E-state index is 0.102. The molecule has 31 heavy (non-hydrogen) atoms. The van der Waals surface area contributed by atoms with E-state index in [1.165, 1.54) is 25.0 Å². The van der Waals surface area contributed by atoms with Gasteiger partial charge in [0, 0.05) is 35.8 Å². The molecule has 9 nitrogen and oxygen atoms in total. The van der Waals surface area contributed by atoms with Gasteiger partial charge in [-0.25, -0.2) is 9.37 Å². The van der Waals surface area contributed by atoms with Crippen LogP contribution in [-0.2, 0) is 6.54 Å². The van der Waals surface area contributed by atoms with Gasteiger partial charge in [-0.2, -0.15) is 15.2 Å². The van der Waals surface area contributed by atoms with Crippen molar-refractivity contribution in [3.8, 4) is 0 Å². The molecule has 160 valence electrons. The van der Waals surface area contributed by atoms with Crippen molar-refractivity contribution in [1.29, 1.82) is 0 Å². The Bertz CT molecular complexity index is 1200. The van der Waals surface area contributed by atoms with E-state index >= 15 is 0 Å². The molecule has 0 aliphatic heterocycles. The first-order valence-corrected chi connectivity index (χ1v) is 10.2. The van der Waals surface area contributed by atoms with Gasteiger partial charge in [0.1, 0.15) is 11.6 Å². The number of aliphatic hydroxyl groups excluding tert-OH is 1. The van der Waals surface area contributed by atoms with Crippen molar-refractivity contribution in [3.05, 3.63) is 53.7 Å². The monoisotopic (exact) mass is 422 g/mol. The van der Waals surface area contributed by atoms with Gasteiger partial charge in [-0.05, 0) is 43.5 Å². The lowest BCUT2D eigenvalue weighted by Gasteiger charge is -2.28. The summed E-state index contributed by atoms with van der Waals surface area (Å²) in [4.78, 5) is 10.9. The van der Waals surface area contributed by atoms with Gasteiger partial charge in [-0.15, -0.1) is 0 Å². The van der Waals surface area contributed by atoms with Crippen molar-refractivity contribution < 1.29 is 9.50 Å². The molecule has 0 spiro atoms. The molecule has 10 heteroatoms. The van der Waals surface area contributed by atoms with Crippen molar-refractivity contribution in [2.45, 2.75) is 38.3 Å². The standard InChI is InChI=1S/C21H23FN8O/c1-12(11-31)30(10-14-6-15(22)7-18-16(14)9-24-27-18)21-23-5-4-19(26-21)25-20-8-17(28-29-20)13-2-3-13/h4-9,12-13,31H,2-3,10-11H2,1H3,(H,24,27)(H2,23,25,26,28,29). The first-order valence-electron chi connectivity index (χ1n) is 10.2. The molecule has 3 aromatic heterocycles. The third-order valence-corrected chi connectivity index (χ3v) is 5.52. The van der Waals surface area contributed by atoms with Gasteiger partial charge in [-0.3, -0.25) is 10.2 Å². The Labute approximate surface area is 177 Å². The van der Waals surface area contributed by atoms with E-state index < -0.39 is 0 Å². The number of halogens is 1. The molecule has 4 N–H and O–H groups in total. The smallest absolute Gasteiger partial charge is 0.227 e. The Hall–Kier alpha value is -3.53. The van der Waals surface area contributed by atoms with E-state index in [0.29, 0.717) is 35.6 Å². The predicted molar refractivity (Wildman–Crippen MR) is 115 cm³/mol. The lowest BCUT2D eigenvalue weighted by molar-refractivity contribution is 0.265. The summed E-state index contributed by atoms with van der Waals surface area (Å²) in [5.41, 5.74) is 2.47. The number of hydrogen-bond acceptors (Lipinski definition) is 7. The number of fused-ring (bicyclic) bond motifs is 1. The van der Waals surface area contributed by atoms with E-state index in [0.717, 1.165) is 16.6 Å². The molecule has 1 aliphatic carbocycles. The molecule has 3 heterocycles. The van der Waals surface area contributed by atoms with E-state index in [-0.39, 0.29) is 18.5 Å². The maximum atomic E-state index is 14.1. The van der Waals surface area contributed by atoms with Crippen LogP contribution < -0.4 is 10.2 Å². The average Bonchev–Trinajstić information content (AvgIpc) is 3.33. The van der Waals surface area contributed by atoms with Crippen molar-refractivity contribution in [3.63, 3.8) is 0 Å². The minimum atomic E-state index is -0.357. The number of aromatic amines is 2.